The molecule has 0 radical (unpaired) electrons. The molecule has 0 spiro atoms. The molecule has 0 aliphatic carbocycles. The molecule has 150 valence electrons. The second-order valence-electron chi connectivity index (χ2n) is 6.57. The largest absolute Gasteiger partial charge is 0.352 e. The van der Waals surface area contributed by atoms with Gasteiger partial charge in [0.1, 0.15) is 10.7 Å². The third kappa shape index (κ3) is 4.66. The van der Waals surface area contributed by atoms with Gasteiger partial charge in [0.25, 0.3) is 0 Å². The Kier molecular flexibility index (Phi) is 6.60. The van der Waals surface area contributed by atoms with Crippen LogP contribution in [0.4, 0.5) is 4.39 Å². The molecule has 0 bridgehead atoms. The van der Waals surface area contributed by atoms with E-state index >= 15 is 0 Å². The van der Waals surface area contributed by atoms with Gasteiger partial charge in [0, 0.05) is 25.6 Å². The lowest BCUT2D eigenvalue weighted by Crippen LogP contribution is -2.43. The molecule has 1 N–H and O–H groups in total. The number of carbonyl (C=O) groups excluding carboxylic acids is 1. The van der Waals surface area contributed by atoms with Crippen LogP contribution < -0.4 is 5.32 Å². The molecule has 1 aliphatic heterocycles. The zero-order valence-electron chi connectivity index (χ0n) is 14.9. The minimum absolute atomic E-state index is 0.0756. The second kappa shape index (κ2) is 8.78. The van der Waals surface area contributed by atoms with Gasteiger partial charge in [-0.2, -0.15) is 4.31 Å². The van der Waals surface area contributed by atoms with Crippen molar-refractivity contribution < 1.29 is 17.6 Å². The van der Waals surface area contributed by atoms with Crippen molar-refractivity contribution in [2.45, 2.75) is 24.3 Å². The van der Waals surface area contributed by atoms with E-state index in [4.69, 9.17) is 23.2 Å². The number of piperidine rings is 1. The first-order chi connectivity index (χ1) is 13.3. The minimum atomic E-state index is -3.83. The van der Waals surface area contributed by atoms with Crippen molar-refractivity contribution in [1.82, 2.24) is 9.62 Å². The molecule has 2 aromatic rings. The van der Waals surface area contributed by atoms with Crippen LogP contribution in [0.5, 0.6) is 0 Å². The molecule has 9 heteroatoms. The number of benzene rings is 2. The smallest absolute Gasteiger partial charge is 0.246 e. The summed E-state index contributed by atoms with van der Waals surface area (Å²) >= 11 is 12.1. The lowest BCUT2D eigenvalue weighted by molar-refractivity contribution is -0.126. The molecule has 0 atom stereocenters. The SMILES string of the molecule is O=C(NCc1ccc(F)cc1)C1CCN(S(=O)(=O)c2c(Cl)cccc2Cl)CC1. The topological polar surface area (TPSA) is 66.5 Å². The first-order valence-electron chi connectivity index (χ1n) is 8.75. The molecule has 2 aromatic carbocycles. The third-order valence-corrected chi connectivity index (χ3v) is 7.58. The Balaban J connectivity index is 1.59. The summed E-state index contributed by atoms with van der Waals surface area (Å²) in [5.74, 6) is -0.756. The monoisotopic (exact) mass is 444 g/mol. The molecule has 1 saturated heterocycles. The van der Waals surface area contributed by atoms with Gasteiger partial charge in [0.15, 0.2) is 0 Å². The molecule has 5 nitrogen and oxygen atoms in total. The molecule has 1 aliphatic rings. The van der Waals surface area contributed by atoms with Crippen molar-refractivity contribution in [2.24, 2.45) is 5.92 Å². The van der Waals surface area contributed by atoms with Gasteiger partial charge < -0.3 is 5.32 Å². The van der Waals surface area contributed by atoms with Gasteiger partial charge in [-0.1, -0.05) is 41.4 Å². The fourth-order valence-electron chi connectivity index (χ4n) is 3.15. The zero-order valence-corrected chi connectivity index (χ0v) is 17.2. The van der Waals surface area contributed by atoms with E-state index in [0.29, 0.717) is 19.4 Å². The summed E-state index contributed by atoms with van der Waals surface area (Å²) in [6, 6.07) is 10.4. The quantitative estimate of drug-likeness (QED) is 0.761. The maximum absolute atomic E-state index is 12.9. The lowest BCUT2D eigenvalue weighted by atomic mass is 9.97. The summed E-state index contributed by atoms with van der Waals surface area (Å²) in [7, 11) is -3.83. The van der Waals surface area contributed by atoms with E-state index in [-0.39, 0.29) is 45.7 Å². The first-order valence-corrected chi connectivity index (χ1v) is 10.9. The maximum Gasteiger partial charge on any atom is 0.246 e. The van der Waals surface area contributed by atoms with Crippen LogP contribution in [0.2, 0.25) is 10.0 Å². The summed E-state index contributed by atoms with van der Waals surface area (Å²) in [5.41, 5.74) is 0.795. The van der Waals surface area contributed by atoms with Gasteiger partial charge in [-0.05, 0) is 42.7 Å². The second-order valence-corrected chi connectivity index (χ2v) is 9.26. The first kappa shape index (κ1) is 21.0. The Hall–Kier alpha value is -1.67. The van der Waals surface area contributed by atoms with E-state index in [0.717, 1.165) is 5.56 Å². The molecule has 28 heavy (non-hydrogen) atoms. The summed E-state index contributed by atoms with van der Waals surface area (Å²) in [6.45, 7) is 0.712. The van der Waals surface area contributed by atoms with E-state index in [2.05, 4.69) is 5.32 Å². The van der Waals surface area contributed by atoms with Gasteiger partial charge >= 0.3 is 0 Å². The van der Waals surface area contributed by atoms with Gasteiger partial charge in [-0.15, -0.1) is 0 Å². The Bertz CT molecular complexity index is 939. The van der Waals surface area contributed by atoms with Crippen LogP contribution in [0, 0.1) is 11.7 Å². The van der Waals surface area contributed by atoms with Crippen LogP contribution >= 0.6 is 23.2 Å². The summed E-state index contributed by atoms with van der Waals surface area (Å²) in [4.78, 5) is 12.3. The van der Waals surface area contributed by atoms with Crippen molar-refractivity contribution in [1.29, 1.82) is 0 Å². The average molecular weight is 445 g/mol. The van der Waals surface area contributed by atoms with Gasteiger partial charge in [-0.25, -0.2) is 12.8 Å². The van der Waals surface area contributed by atoms with Gasteiger partial charge in [-0.3, -0.25) is 4.79 Å². The van der Waals surface area contributed by atoms with Crippen LogP contribution in [0.1, 0.15) is 18.4 Å². The molecule has 0 saturated carbocycles. The van der Waals surface area contributed by atoms with E-state index in [1.54, 1.807) is 18.2 Å². The lowest BCUT2D eigenvalue weighted by Gasteiger charge is -2.31. The number of halogens is 3. The zero-order chi connectivity index (χ0) is 20.3. The predicted molar refractivity (Wildman–Crippen MR) is 106 cm³/mol. The number of sulfonamides is 1. The van der Waals surface area contributed by atoms with E-state index in [1.165, 1.54) is 28.6 Å². The molecule has 1 fully saturated rings. The standard InChI is InChI=1S/C19H19Cl2FN2O3S/c20-16-2-1-3-17(21)18(16)28(26,27)24-10-8-14(9-11-24)19(25)23-12-13-4-6-15(22)7-5-13/h1-7,14H,8-12H2,(H,23,25). The highest BCUT2D eigenvalue weighted by molar-refractivity contribution is 7.89. The van der Waals surface area contributed by atoms with Crippen LogP contribution in [0.3, 0.4) is 0 Å². The van der Waals surface area contributed by atoms with Crippen molar-refractivity contribution in [2.75, 3.05) is 13.1 Å². The molecular weight excluding hydrogens is 426 g/mol. The molecule has 1 heterocycles. The highest BCUT2D eigenvalue weighted by atomic mass is 35.5. The third-order valence-electron chi connectivity index (χ3n) is 4.72. The molecule has 1 amide bonds. The van der Waals surface area contributed by atoms with Crippen LogP contribution in [0.15, 0.2) is 47.4 Å². The fourth-order valence-corrected chi connectivity index (χ4v) is 5.71. The maximum atomic E-state index is 12.9. The number of nitrogens with zero attached hydrogens (tertiary/aromatic N) is 1. The highest BCUT2D eigenvalue weighted by Crippen LogP contribution is 2.33. The minimum Gasteiger partial charge on any atom is -0.352 e. The van der Waals surface area contributed by atoms with E-state index in [1.807, 2.05) is 0 Å². The number of hydrogen-bond donors (Lipinski definition) is 1. The highest BCUT2D eigenvalue weighted by Gasteiger charge is 2.34. The van der Waals surface area contributed by atoms with Crippen LogP contribution in [-0.4, -0.2) is 31.7 Å². The molecule has 0 aromatic heterocycles. The molecular formula is C19H19Cl2FN2O3S. The van der Waals surface area contributed by atoms with Crippen molar-refractivity contribution >= 4 is 39.1 Å². The van der Waals surface area contributed by atoms with Crippen molar-refractivity contribution in [3.63, 3.8) is 0 Å². The van der Waals surface area contributed by atoms with Crippen LogP contribution in [-0.2, 0) is 21.4 Å². The molecule has 0 unspecified atom stereocenters. The number of amides is 1. The Morgan fingerprint density at radius 3 is 2.21 bits per heavy atom. The van der Waals surface area contributed by atoms with Crippen molar-refractivity contribution in [3.05, 3.63) is 63.9 Å². The summed E-state index contributed by atoms with van der Waals surface area (Å²) in [5, 5.41) is 2.97. The Labute approximate surface area is 173 Å². The summed E-state index contributed by atoms with van der Waals surface area (Å²) in [6.07, 6.45) is 0.799. The number of rotatable bonds is 5. The summed E-state index contributed by atoms with van der Waals surface area (Å²) < 4.78 is 40.0. The Morgan fingerprint density at radius 1 is 1.07 bits per heavy atom. The predicted octanol–water partition coefficient (Wildman–Crippen LogP) is 3.85. The van der Waals surface area contributed by atoms with Crippen molar-refractivity contribution in [3.8, 4) is 0 Å². The normalized spacial score (nSPS) is 16.1. The van der Waals surface area contributed by atoms with E-state index in [9.17, 15) is 17.6 Å². The van der Waals surface area contributed by atoms with Gasteiger partial charge in [0.2, 0.25) is 15.9 Å². The van der Waals surface area contributed by atoms with Crippen LogP contribution in [0.25, 0.3) is 0 Å². The van der Waals surface area contributed by atoms with Gasteiger partial charge in [0.05, 0.1) is 10.0 Å². The number of nitrogens with one attached hydrogen (secondary N) is 1. The Morgan fingerprint density at radius 2 is 1.64 bits per heavy atom. The number of carbonyl (C=O) groups is 1. The fraction of sp³-hybridized carbons (Fsp3) is 0.316. The van der Waals surface area contributed by atoms with E-state index < -0.39 is 10.0 Å². The average Bonchev–Trinajstić information content (AvgIpc) is 2.67. The molecule has 3 rings (SSSR count). The number of hydrogen-bond acceptors (Lipinski definition) is 3.